The highest BCUT2D eigenvalue weighted by atomic mass is 32.2. The van der Waals surface area contributed by atoms with Crippen molar-refractivity contribution in [3.05, 3.63) is 82.4 Å². The molecule has 7 nitrogen and oxygen atoms in total. The molecule has 2 N–H and O–H groups in total. The monoisotopic (exact) mass is 491 g/mol. The van der Waals surface area contributed by atoms with Crippen LogP contribution in [0.3, 0.4) is 0 Å². The van der Waals surface area contributed by atoms with Gasteiger partial charge in [0.2, 0.25) is 0 Å². The van der Waals surface area contributed by atoms with E-state index in [2.05, 4.69) is 10.6 Å². The van der Waals surface area contributed by atoms with Gasteiger partial charge in [-0.1, -0.05) is 41.5 Å². The van der Waals surface area contributed by atoms with Crippen LogP contribution in [0.2, 0.25) is 0 Å². The molecule has 3 aromatic rings. The van der Waals surface area contributed by atoms with Gasteiger partial charge in [0.1, 0.15) is 0 Å². The number of carbonyl (C=O) groups is 2. The number of rotatable bonds is 4. The van der Waals surface area contributed by atoms with Crippen LogP contribution < -0.4 is 14.9 Å². The van der Waals surface area contributed by atoms with Gasteiger partial charge in [-0.25, -0.2) is 8.42 Å². The maximum absolute atomic E-state index is 13.4. The molecule has 0 saturated carbocycles. The Hall–Kier alpha value is -3.65. The van der Waals surface area contributed by atoms with Gasteiger partial charge in [-0.05, 0) is 81.5 Å². The molecule has 0 aliphatic carbocycles. The molecule has 4 rings (SSSR count). The number of anilines is 3. The number of aryl methyl sites for hydroxylation is 5. The molecular formula is C27H29N3O4S. The van der Waals surface area contributed by atoms with Gasteiger partial charge < -0.3 is 10.6 Å². The number of nitrogens with one attached hydrogen (secondary N) is 2. The van der Waals surface area contributed by atoms with E-state index in [4.69, 9.17) is 0 Å². The fourth-order valence-corrected chi connectivity index (χ4v) is 5.97. The molecule has 0 aromatic heterocycles. The van der Waals surface area contributed by atoms with E-state index in [1.807, 2.05) is 39.8 Å². The second-order valence-electron chi connectivity index (χ2n) is 9.02. The standard InChI is InChI=1S/C27H29N3O4S/c1-17-7-11-23(12-8-17)35(33,34)30-13-5-6-21-9-10-22(16-24(21)30)28-26(31)27(32)29-25-19(3)14-18(2)15-20(25)4/h7-12,14-16H,5-6,13H2,1-4H3,(H,28,31)(H,29,32). The number of hydrogen-bond donors (Lipinski definition) is 2. The number of benzene rings is 3. The molecule has 182 valence electrons. The highest BCUT2D eigenvalue weighted by molar-refractivity contribution is 7.92. The number of fused-ring (bicyclic) bond motifs is 1. The highest BCUT2D eigenvalue weighted by Crippen LogP contribution is 2.34. The number of hydrogen-bond acceptors (Lipinski definition) is 4. The second-order valence-corrected chi connectivity index (χ2v) is 10.9. The number of sulfonamides is 1. The molecule has 1 aliphatic rings. The van der Waals surface area contributed by atoms with Gasteiger partial charge in [-0.2, -0.15) is 0 Å². The first-order valence-corrected chi connectivity index (χ1v) is 12.9. The molecular weight excluding hydrogens is 462 g/mol. The fourth-order valence-electron chi connectivity index (χ4n) is 4.44. The minimum atomic E-state index is -3.77. The summed E-state index contributed by atoms with van der Waals surface area (Å²) in [6.45, 7) is 7.96. The predicted molar refractivity (Wildman–Crippen MR) is 138 cm³/mol. The number of nitrogens with zero attached hydrogens (tertiary/aromatic N) is 1. The molecule has 0 radical (unpaired) electrons. The largest absolute Gasteiger partial charge is 0.318 e. The maximum atomic E-state index is 13.4. The average Bonchev–Trinajstić information content (AvgIpc) is 2.81. The summed E-state index contributed by atoms with van der Waals surface area (Å²) in [6, 6.07) is 15.7. The topological polar surface area (TPSA) is 95.6 Å². The van der Waals surface area contributed by atoms with Crippen LogP contribution in [-0.2, 0) is 26.0 Å². The van der Waals surface area contributed by atoms with Crippen molar-refractivity contribution >= 4 is 38.9 Å². The summed E-state index contributed by atoms with van der Waals surface area (Å²) in [5.74, 6) is -1.62. The number of amides is 2. The lowest BCUT2D eigenvalue weighted by molar-refractivity contribution is -0.133. The summed E-state index contributed by atoms with van der Waals surface area (Å²) in [6.07, 6.45) is 1.43. The van der Waals surface area contributed by atoms with Crippen LogP contribution in [0.25, 0.3) is 0 Å². The summed E-state index contributed by atoms with van der Waals surface area (Å²) in [7, 11) is -3.77. The first kappa shape index (κ1) is 24.5. The Bertz CT molecular complexity index is 1390. The van der Waals surface area contributed by atoms with Crippen molar-refractivity contribution in [2.45, 2.75) is 45.4 Å². The van der Waals surface area contributed by atoms with Crippen molar-refractivity contribution in [1.29, 1.82) is 0 Å². The lowest BCUT2D eigenvalue weighted by atomic mass is 10.0. The van der Waals surface area contributed by atoms with Crippen LogP contribution in [0.1, 0.15) is 34.2 Å². The first-order valence-electron chi connectivity index (χ1n) is 11.5. The van der Waals surface area contributed by atoms with E-state index in [1.165, 1.54) is 4.31 Å². The van der Waals surface area contributed by atoms with E-state index in [-0.39, 0.29) is 4.90 Å². The Morgan fingerprint density at radius 3 is 2.09 bits per heavy atom. The maximum Gasteiger partial charge on any atom is 0.314 e. The van der Waals surface area contributed by atoms with Gasteiger partial charge >= 0.3 is 11.8 Å². The van der Waals surface area contributed by atoms with Gasteiger partial charge in [-0.3, -0.25) is 13.9 Å². The van der Waals surface area contributed by atoms with Crippen molar-refractivity contribution < 1.29 is 18.0 Å². The minimum Gasteiger partial charge on any atom is -0.318 e. The van der Waals surface area contributed by atoms with Crippen LogP contribution in [0.5, 0.6) is 0 Å². The SMILES string of the molecule is Cc1ccc(S(=O)(=O)N2CCCc3ccc(NC(=O)C(=O)Nc4c(C)cc(C)cc4C)cc32)cc1. The molecule has 0 unspecified atom stereocenters. The van der Waals surface area contributed by atoms with Crippen molar-refractivity contribution in [2.75, 3.05) is 21.5 Å². The Labute approximate surface area is 206 Å². The molecule has 1 heterocycles. The zero-order valence-corrected chi connectivity index (χ0v) is 21.1. The lowest BCUT2D eigenvalue weighted by Gasteiger charge is -2.31. The van der Waals surface area contributed by atoms with E-state index in [0.29, 0.717) is 30.0 Å². The molecule has 0 spiro atoms. The van der Waals surface area contributed by atoms with E-state index in [9.17, 15) is 18.0 Å². The van der Waals surface area contributed by atoms with Crippen LogP contribution in [0.4, 0.5) is 17.1 Å². The Balaban J connectivity index is 1.56. The first-order chi connectivity index (χ1) is 16.6. The highest BCUT2D eigenvalue weighted by Gasteiger charge is 2.29. The Morgan fingerprint density at radius 2 is 1.43 bits per heavy atom. The van der Waals surface area contributed by atoms with Crippen LogP contribution in [0, 0.1) is 27.7 Å². The van der Waals surface area contributed by atoms with Gasteiger partial charge in [-0.15, -0.1) is 0 Å². The molecule has 35 heavy (non-hydrogen) atoms. The molecule has 1 aliphatic heterocycles. The van der Waals surface area contributed by atoms with Crippen LogP contribution >= 0.6 is 0 Å². The molecule has 0 atom stereocenters. The zero-order chi connectivity index (χ0) is 25.3. The molecule has 8 heteroatoms. The van der Waals surface area contributed by atoms with Crippen LogP contribution in [0.15, 0.2) is 59.5 Å². The van der Waals surface area contributed by atoms with Crippen molar-refractivity contribution in [2.24, 2.45) is 0 Å². The van der Waals surface area contributed by atoms with Gasteiger partial charge in [0, 0.05) is 17.9 Å². The van der Waals surface area contributed by atoms with E-state index >= 15 is 0 Å². The quantitative estimate of drug-likeness (QED) is 0.520. The predicted octanol–water partition coefficient (Wildman–Crippen LogP) is 4.64. The third kappa shape index (κ3) is 5.07. The van der Waals surface area contributed by atoms with E-state index < -0.39 is 21.8 Å². The second kappa shape index (κ2) is 9.54. The molecule has 0 bridgehead atoms. The average molecular weight is 492 g/mol. The Kier molecular flexibility index (Phi) is 6.67. The summed E-state index contributed by atoms with van der Waals surface area (Å²) in [4.78, 5) is 25.5. The molecule has 3 aromatic carbocycles. The fraction of sp³-hybridized carbons (Fsp3) is 0.259. The summed E-state index contributed by atoms with van der Waals surface area (Å²) < 4.78 is 28.1. The zero-order valence-electron chi connectivity index (χ0n) is 20.3. The third-order valence-corrected chi connectivity index (χ3v) is 7.98. The minimum absolute atomic E-state index is 0.216. The van der Waals surface area contributed by atoms with E-state index in [0.717, 1.165) is 34.2 Å². The summed E-state index contributed by atoms with van der Waals surface area (Å²) >= 11 is 0. The molecule has 0 saturated heterocycles. The van der Waals surface area contributed by atoms with Gasteiger partial charge in [0.15, 0.2) is 0 Å². The smallest absolute Gasteiger partial charge is 0.314 e. The Morgan fingerprint density at radius 1 is 0.800 bits per heavy atom. The van der Waals surface area contributed by atoms with Gasteiger partial charge in [0.25, 0.3) is 10.0 Å². The third-order valence-electron chi connectivity index (χ3n) is 6.15. The van der Waals surface area contributed by atoms with Crippen molar-refractivity contribution in [3.8, 4) is 0 Å². The normalized spacial score (nSPS) is 13.2. The van der Waals surface area contributed by atoms with Crippen LogP contribution in [-0.4, -0.2) is 26.8 Å². The lowest BCUT2D eigenvalue weighted by Crippen LogP contribution is -2.35. The molecule has 0 fully saturated rings. The van der Waals surface area contributed by atoms with Crippen molar-refractivity contribution in [1.82, 2.24) is 0 Å². The van der Waals surface area contributed by atoms with Crippen molar-refractivity contribution in [3.63, 3.8) is 0 Å². The summed E-state index contributed by atoms with van der Waals surface area (Å²) in [5.41, 5.74) is 6.14. The molecule has 2 amide bonds. The van der Waals surface area contributed by atoms with Gasteiger partial charge in [0.05, 0.1) is 10.6 Å². The number of carbonyl (C=O) groups excluding carboxylic acids is 2. The van der Waals surface area contributed by atoms with E-state index in [1.54, 1.807) is 42.5 Å². The summed E-state index contributed by atoms with van der Waals surface area (Å²) in [5, 5.41) is 5.30.